The lowest BCUT2D eigenvalue weighted by atomic mass is 9.58. The van der Waals surface area contributed by atoms with Crippen molar-refractivity contribution in [1.82, 2.24) is 10.2 Å². The number of carbonyl (C=O) groups is 2. The summed E-state index contributed by atoms with van der Waals surface area (Å²) in [6.45, 7) is 1.55. The second-order valence-electron chi connectivity index (χ2n) is 9.46. The third-order valence-electron chi connectivity index (χ3n) is 7.90. The van der Waals surface area contributed by atoms with E-state index in [1.165, 1.54) is 11.1 Å². The van der Waals surface area contributed by atoms with E-state index in [1.54, 1.807) is 0 Å². The van der Waals surface area contributed by atoms with E-state index >= 15 is 0 Å². The third kappa shape index (κ3) is 2.68. The zero-order chi connectivity index (χ0) is 20.3. The molecule has 2 N–H and O–H groups in total. The van der Waals surface area contributed by atoms with Crippen LogP contribution in [0.1, 0.15) is 47.2 Å². The lowest BCUT2D eigenvalue weighted by Crippen LogP contribution is -2.68. The Morgan fingerprint density at radius 2 is 1.80 bits per heavy atom. The lowest BCUT2D eigenvalue weighted by Gasteiger charge is -2.56. The van der Waals surface area contributed by atoms with Gasteiger partial charge < -0.3 is 15.5 Å². The molecule has 0 radical (unpaired) electrons. The molecule has 0 saturated heterocycles. The first-order valence-corrected chi connectivity index (χ1v) is 11.2. The largest absolute Gasteiger partial charge is 0.362 e. The first-order chi connectivity index (χ1) is 14.6. The summed E-state index contributed by atoms with van der Waals surface area (Å²) < 4.78 is 0. The van der Waals surface area contributed by atoms with Gasteiger partial charge in [-0.25, -0.2) is 0 Å². The summed E-state index contributed by atoms with van der Waals surface area (Å²) in [7, 11) is 0. The second kappa shape index (κ2) is 6.59. The molecule has 5 aliphatic rings. The van der Waals surface area contributed by atoms with Gasteiger partial charge in [0.05, 0.1) is 5.56 Å². The molecule has 5 nitrogen and oxygen atoms in total. The predicted octanol–water partition coefficient (Wildman–Crippen LogP) is 3.56. The maximum atomic E-state index is 13.5. The second-order valence-corrected chi connectivity index (χ2v) is 9.46. The molecule has 3 saturated carbocycles. The van der Waals surface area contributed by atoms with Crippen molar-refractivity contribution in [3.8, 4) is 0 Å². The minimum atomic E-state index is -0.403. The number of hydrogen-bond donors (Lipinski definition) is 2. The van der Waals surface area contributed by atoms with Crippen LogP contribution in [0.15, 0.2) is 48.5 Å². The topological polar surface area (TPSA) is 61.4 Å². The summed E-state index contributed by atoms with van der Waals surface area (Å²) in [4.78, 5) is 28.4. The van der Waals surface area contributed by atoms with E-state index in [0.717, 1.165) is 50.9 Å². The summed E-state index contributed by atoms with van der Waals surface area (Å²) in [5.74, 6) is 1.00. The van der Waals surface area contributed by atoms with Gasteiger partial charge in [0.2, 0.25) is 5.91 Å². The fraction of sp³-hybridized carbons (Fsp3) is 0.440. The summed E-state index contributed by atoms with van der Waals surface area (Å²) in [5.41, 5.74) is 3.89. The summed E-state index contributed by atoms with van der Waals surface area (Å²) in [6.07, 6.45) is 4.77. The van der Waals surface area contributed by atoms with Gasteiger partial charge in [0.25, 0.3) is 5.91 Å². The van der Waals surface area contributed by atoms with E-state index in [2.05, 4.69) is 39.8 Å². The van der Waals surface area contributed by atoms with Gasteiger partial charge in [0.1, 0.15) is 5.66 Å². The van der Waals surface area contributed by atoms with Crippen LogP contribution in [0.2, 0.25) is 0 Å². The minimum absolute atomic E-state index is 0.00686. The Morgan fingerprint density at radius 1 is 1.00 bits per heavy atom. The van der Waals surface area contributed by atoms with Crippen LogP contribution in [-0.2, 0) is 17.8 Å². The Kier molecular flexibility index (Phi) is 3.95. The molecule has 2 bridgehead atoms. The number of para-hydroxylation sites is 1. The Hall–Kier alpha value is -2.82. The highest BCUT2D eigenvalue weighted by molar-refractivity contribution is 6.02. The van der Waals surface area contributed by atoms with Crippen molar-refractivity contribution in [1.29, 1.82) is 0 Å². The molecule has 3 aliphatic carbocycles. The van der Waals surface area contributed by atoms with Crippen molar-refractivity contribution in [2.24, 2.45) is 17.8 Å². The van der Waals surface area contributed by atoms with Crippen molar-refractivity contribution in [3.63, 3.8) is 0 Å². The zero-order valence-electron chi connectivity index (χ0n) is 17.1. The molecule has 5 heteroatoms. The highest BCUT2D eigenvalue weighted by Crippen LogP contribution is 2.52. The average Bonchev–Trinajstić information content (AvgIpc) is 2.78. The van der Waals surface area contributed by atoms with Crippen LogP contribution >= 0.6 is 0 Å². The minimum Gasteiger partial charge on any atom is -0.362 e. The van der Waals surface area contributed by atoms with Crippen molar-refractivity contribution in [2.45, 2.75) is 44.3 Å². The molecule has 2 amide bonds. The monoisotopic (exact) mass is 401 g/mol. The van der Waals surface area contributed by atoms with Crippen molar-refractivity contribution >= 4 is 17.5 Å². The highest BCUT2D eigenvalue weighted by Gasteiger charge is 2.55. The smallest absolute Gasteiger partial charge is 0.255 e. The highest BCUT2D eigenvalue weighted by atomic mass is 16.2. The first kappa shape index (κ1) is 18.0. The molecule has 154 valence electrons. The van der Waals surface area contributed by atoms with Gasteiger partial charge in [-0.05, 0) is 61.3 Å². The van der Waals surface area contributed by atoms with E-state index in [-0.39, 0.29) is 17.7 Å². The molecule has 2 heterocycles. The fourth-order valence-electron chi connectivity index (χ4n) is 6.36. The van der Waals surface area contributed by atoms with Crippen LogP contribution in [0.4, 0.5) is 5.69 Å². The van der Waals surface area contributed by atoms with Gasteiger partial charge in [-0.3, -0.25) is 9.59 Å². The van der Waals surface area contributed by atoms with E-state index in [9.17, 15) is 9.59 Å². The molecule has 3 fully saturated rings. The molecular formula is C25H27N3O2. The molecule has 30 heavy (non-hydrogen) atoms. The SMILES string of the molecule is O=C1N[C@@]2(C[C@H]3CC[C@@H]2C[C@H]3C(=O)N2CCc3ccccc3C2)Nc2ccccc21. The van der Waals surface area contributed by atoms with Crippen LogP contribution < -0.4 is 10.6 Å². The number of rotatable bonds is 1. The quantitative estimate of drug-likeness (QED) is 0.768. The standard InChI is InChI=1S/C25H27N3O2/c29-23-20-7-3-4-8-22(20)26-25(27-23)14-17-9-10-19(25)13-21(17)24(30)28-12-11-16-5-1-2-6-18(16)15-28/h1-8,17,19,21,26H,9-15H2,(H,27,29)/t17-,19-,21-,25-/m1/s1. The van der Waals surface area contributed by atoms with Gasteiger partial charge >= 0.3 is 0 Å². The molecule has 1 spiro atoms. The molecular weight excluding hydrogens is 374 g/mol. The third-order valence-corrected chi connectivity index (χ3v) is 7.90. The van der Waals surface area contributed by atoms with Crippen LogP contribution in [-0.4, -0.2) is 28.9 Å². The van der Waals surface area contributed by atoms with Crippen LogP contribution in [0.3, 0.4) is 0 Å². The Morgan fingerprint density at radius 3 is 2.63 bits per heavy atom. The summed E-state index contributed by atoms with van der Waals surface area (Å²) in [5, 5.41) is 6.97. The van der Waals surface area contributed by atoms with Crippen LogP contribution in [0.5, 0.6) is 0 Å². The van der Waals surface area contributed by atoms with Gasteiger partial charge in [-0.2, -0.15) is 0 Å². The van der Waals surface area contributed by atoms with Gasteiger partial charge in [-0.1, -0.05) is 36.4 Å². The Balaban J connectivity index is 1.22. The number of benzene rings is 2. The maximum absolute atomic E-state index is 13.5. The molecule has 4 atom stereocenters. The van der Waals surface area contributed by atoms with E-state index < -0.39 is 5.66 Å². The number of nitrogens with one attached hydrogen (secondary N) is 2. The van der Waals surface area contributed by atoms with Crippen molar-refractivity contribution in [2.75, 3.05) is 11.9 Å². The lowest BCUT2D eigenvalue weighted by molar-refractivity contribution is -0.144. The molecule has 2 aromatic carbocycles. The Bertz CT molecular complexity index is 1030. The fourth-order valence-corrected chi connectivity index (χ4v) is 6.36. The Labute approximate surface area is 176 Å². The number of anilines is 1. The summed E-state index contributed by atoms with van der Waals surface area (Å²) in [6, 6.07) is 16.2. The van der Waals surface area contributed by atoms with Gasteiger partial charge in [-0.15, -0.1) is 0 Å². The van der Waals surface area contributed by atoms with Gasteiger partial charge in [0.15, 0.2) is 0 Å². The normalized spacial score (nSPS) is 31.5. The number of amides is 2. The average molecular weight is 402 g/mol. The van der Waals surface area contributed by atoms with Gasteiger partial charge in [0, 0.05) is 30.6 Å². The maximum Gasteiger partial charge on any atom is 0.255 e. The van der Waals surface area contributed by atoms with E-state index in [4.69, 9.17) is 0 Å². The van der Waals surface area contributed by atoms with Crippen molar-refractivity contribution < 1.29 is 9.59 Å². The van der Waals surface area contributed by atoms with Crippen LogP contribution in [0.25, 0.3) is 0 Å². The first-order valence-electron chi connectivity index (χ1n) is 11.2. The predicted molar refractivity (Wildman–Crippen MR) is 115 cm³/mol. The molecule has 2 aliphatic heterocycles. The number of carbonyl (C=O) groups excluding carboxylic acids is 2. The number of fused-ring (bicyclic) bond motifs is 4. The van der Waals surface area contributed by atoms with Crippen molar-refractivity contribution in [3.05, 3.63) is 65.2 Å². The number of nitrogens with zero attached hydrogens (tertiary/aromatic N) is 1. The molecule has 0 aromatic heterocycles. The number of hydrogen-bond acceptors (Lipinski definition) is 3. The summed E-state index contributed by atoms with van der Waals surface area (Å²) >= 11 is 0. The van der Waals surface area contributed by atoms with E-state index in [1.807, 2.05) is 24.3 Å². The molecule has 2 aromatic rings. The molecule has 0 unspecified atom stereocenters. The van der Waals surface area contributed by atoms with E-state index in [0.29, 0.717) is 17.4 Å². The molecule has 7 rings (SSSR count). The zero-order valence-corrected chi connectivity index (χ0v) is 17.1. The van der Waals surface area contributed by atoms with Crippen LogP contribution in [0, 0.1) is 17.8 Å².